The monoisotopic (exact) mass is 333 g/mol. The number of hydrogen-bond donors (Lipinski definition) is 0. The minimum atomic E-state index is 0.234. The van der Waals surface area contributed by atoms with Gasteiger partial charge in [-0.3, -0.25) is 9.69 Å². The second-order valence-electron chi connectivity index (χ2n) is 6.95. The van der Waals surface area contributed by atoms with E-state index in [9.17, 15) is 4.79 Å². The fraction of sp³-hybridized carbons (Fsp3) is 0.632. The lowest BCUT2D eigenvalue weighted by Gasteiger charge is -2.38. The normalized spacial score (nSPS) is 15.9. The van der Waals surface area contributed by atoms with Crippen molar-refractivity contribution < 1.29 is 9.53 Å². The molecule has 1 aliphatic heterocycles. The van der Waals surface area contributed by atoms with Crippen molar-refractivity contribution in [1.82, 2.24) is 9.80 Å². The molecule has 1 fully saturated rings. The van der Waals surface area contributed by atoms with Gasteiger partial charge < -0.3 is 14.5 Å². The van der Waals surface area contributed by atoms with E-state index in [4.69, 9.17) is 4.74 Å². The molecule has 0 radical (unpaired) electrons. The summed E-state index contributed by atoms with van der Waals surface area (Å²) in [7, 11) is 1.68. The van der Waals surface area contributed by atoms with Crippen LogP contribution in [0.1, 0.15) is 27.7 Å². The van der Waals surface area contributed by atoms with Crippen molar-refractivity contribution in [2.24, 2.45) is 0 Å². The van der Waals surface area contributed by atoms with Gasteiger partial charge in [0.15, 0.2) is 0 Å². The molecule has 1 heterocycles. The van der Waals surface area contributed by atoms with Crippen LogP contribution in [0.2, 0.25) is 0 Å². The molecule has 0 unspecified atom stereocenters. The number of rotatable bonds is 6. The second-order valence-corrected chi connectivity index (χ2v) is 6.95. The molecule has 5 nitrogen and oxygen atoms in total. The van der Waals surface area contributed by atoms with E-state index in [1.807, 2.05) is 17.0 Å². The van der Waals surface area contributed by atoms with Crippen LogP contribution in [-0.2, 0) is 4.79 Å². The van der Waals surface area contributed by atoms with Crippen molar-refractivity contribution >= 4 is 11.6 Å². The van der Waals surface area contributed by atoms with Crippen molar-refractivity contribution in [2.75, 3.05) is 44.7 Å². The standard InChI is InChI=1S/C19H31N3O2/c1-15(2)22(16(3)4)19(23)14-20-10-12-21(13-11-20)17-6-8-18(24-5)9-7-17/h6-9,15-16H,10-14H2,1-5H3. The Bertz CT molecular complexity index is 512. The van der Waals surface area contributed by atoms with Gasteiger partial charge in [0.1, 0.15) is 5.75 Å². The van der Waals surface area contributed by atoms with Crippen LogP contribution in [0.4, 0.5) is 5.69 Å². The highest BCUT2D eigenvalue weighted by atomic mass is 16.5. The minimum absolute atomic E-state index is 0.234. The van der Waals surface area contributed by atoms with Crippen LogP contribution in [0, 0.1) is 0 Å². The van der Waals surface area contributed by atoms with Gasteiger partial charge in [0.05, 0.1) is 13.7 Å². The van der Waals surface area contributed by atoms with Crippen LogP contribution in [0.25, 0.3) is 0 Å². The fourth-order valence-corrected chi connectivity index (χ4v) is 3.40. The summed E-state index contributed by atoms with van der Waals surface area (Å²) in [6, 6.07) is 8.68. The highest BCUT2D eigenvalue weighted by Crippen LogP contribution is 2.20. The molecular weight excluding hydrogens is 302 g/mol. The number of anilines is 1. The number of carbonyl (C=O) groups excluding carboxylic acids is 1. The van der Waals surface area contributed by atoms with Gasteiger partial charge in [-0.1, -0.05) is 0 Å². The molecule has 1 aliphatic rings. The predicted molar refractivity (Wildman–Crippen MR) is 98.8 cm³/mol. The number of methoxy groups -OCH3 is 1. The van der Waals surface area contributed by atoms with Crippen molar-refractivity contribution in [1.29, 1.82) is 0 Å². The zero-order valence-corrected chi connectivity index (χ0v) is 15.7. The largest absolute Gasteiger partial charge is 0.497 e. The van der Waals surface area contributed by atoms with Crippen LogP contribution >= 0.6 is 0 Å². The van der Waals surface area contributed by atoms with Crippen LogP contribution in [0.5, 0.6) is 5.75 Å². The first-order chi connectivity index (χ1) is 11.4. The van der Waals surface area contributed by atoms with E-state index in [-0.39, 0.29) is 18.0 Å². The number of hydrogen-bond acceptors (Lipinski definition) is 4. The number of nitrogens with zero attached hydrogens (tertiary/aromatic N) is 3. The summed E-state index contributed by atoms with van der Waals surface area (Å²) in [4.78, 5) is 19.2. The number of carbonyl (C=O) groups is 1. The fourth-order valence-electron chi connectivity index (χ4n) is 3.40. The van der Waals surface area contributed by atoms with Crippen LogP contribution in [-0.4, -0.2) is 67.6 Å². The van der Waals surface area contributed by atoms with Gasteiger partial charge in [-0.15, -0.1) is 0 Å². The number of ether oxygens (including phenoxy) is 1. The van der Waals surface area contributed by atoms with Crippen LogP contribution < -0.4 is 9.64 Å². The SMILES string of the molecule is COc1ccc(N2CCN(CC(=O)N(C(C)C)C(C)C)CC2)cc1. The lowest BCUT2D eigenvalue weighted by atomic mass is 10.2. The smallest absolute Gasteiger partial charge is 0.237 e. The quantitative estimate of drug-likeness (QED) is 0.801. The molecule has 5 heteroatoms. The van der Waals surface area contributed by atoms with E-state index in [1.54, 1.807) is 7.11 Å². The summed E-state index contributed by atoms with van der Waals surface area (Å²) in [5.74, 6) is 1.11. The topological polar surface area (TPSA) is 36.0 Å². The maximum Gasteiger partial charge on any atom is 0.237 e. The highest BCUT2D eigenvalue weighted by Gasteiger charge is 2.24. The minimum Gasteiger partial charge on any atom is -0.497 e. The summed E-state index contributed by atoms with van der Waals surface area (Å²) in [6.07, 6.45) is 0. The number of piperazine rings is 1. The van der Waals surface area contributed by atoms with Gasteiger partial charge in [0.25, 0.3) is 0 Å². The van der Waals surface area contributed by atoms with E-state index >= 15 is 0 Å². The lowest BCUT2D eigenvalue weighted by molar-refractivity contribution is -0.136. The summed E-state index contributed by atoms with van der Waals surface area (Å²) in [5, 5.41) is 0. The molecule has 2 rings (SSSR count). The van der Waals surface area contributed by atoms with Gasteiger partial charge in [-0.05, 0) is 52.0 Å². The average molecular weight is 333 g/mol. The first-order valence-corrected chi connectivity index (χ1v) is 8.85. The summed E-state index contributed by atoms with van der Waals surface area (Å²) >= 11 is 0. The maximum absolute atomic E-state index is 12.6. The van der Waals surface area contributed by atoms with Gasteiger partial charge in [0, 0.05) is 44.0 Å². The van der Waals surface area contributed by atoms with E-state index in [2.05, 4.69) is 49.6 Å². The number of benzene rings is 1. The highest BCUT2D eigenvalue weighted by molar-refractivity contribution is 5.78. The van der Waals surface area contributed by atoms with Gasteiger partial charge in [0.2, 0.25) is 5.91 Å². The molecule has 1 amide bonds. The first kappa shape index (κ1) is 18.6. The summed E-state index contributed by atoms with van der Waals surface area (Å²) in [6.45, 7) is 12.6. The molecule has 0 aromatic heterocycles. The molecule has 1 aromatic carbocycles. The molecule has 1 aromatic rings. The Balaban J connectivity index is 1.86. The molecule has 0 N–H and O–H groups in total. The van der Waals surface area contributed by atoms with Crippen molar-refractivity contribution in [3.63, 3.8) is 0 Å². The van der Waals surface area contributed by atoms with Gasteiger partial charge in [-0.2, -0.15) is 0 Å². The molecule has 0 atom stereocenters. The number of amides is 1. The van der Waals surface area contributed by atoms with Crippen LogP contribution in [0.15, 0.2) is 24.3 Å². The molecule has 1 saturated heterocycles. The van der Waals surface area contributed by atoms with E-state index in [1.165, 1.54) is 5.69 Å². The van der Waals surface area contributed by atoms with Crippen molar-refractivity contribution in [3.05, 3.63) is 24.3 Å². The molecular formula is C19H31N3O2. The van der Waals surface area contributed by atoms with Gasteiger partial charge >= 0.3 is 0 Å². The Morgan fingerprint density at radius 1 is 1.04 bits per heavy atom. The zero-order valence-electron chi connectivity index (χ0n) is 15.7. The second kappa shape index (κ2) is 8.38. The molecule has 24 heavy (non-hydrogen) atoms. The molecule has 134 valence electrons. The summed E-state index contributed by atoms with van der Waals surface area (Å²) < 4.78 is 5.21. The first-order valence-electron chi connectivity index (χ1n) is 8.85. The Hall–Kier alpha value is -1.75. The van der Waals surface area contributed by atoms with Crippen molar-refractivity contribution in [2.45, 2.75) is 39.8 Å². The third kappa shape index (κ3) is 4.63. The van der Waals surface area contributed by atoms with Crippen molar-refractivity contribution in [3.8, 4) is 5.75 Å². The Morgan fingerprint density at radius 2 is 1.58 bits per heavy atom. The van der Waals surface area contributed by atoms with Crippen LogP contribution in [0.3, 0.4) is 0 Å². The molecule has 0 bridgehead atoms. The third-order valence-corrected chi connectivity index (χ3v) is 4.57. The van der Waals surface area contributed by atoms with E-state index < -0.39 is 0 Å². The van der Waals surface area contributed by atoms with E-state index in [0.717, 1.165) is 31.9 Å². The Morgan fingerprint density at radius 3 is 2.04 bits per heavy atom. The average Bonchev–Trinajstić information content (AvgIpc) is 2.55. The lowest BCUT2D eigenvalue weighted by Crippen LogP contribution is -2.52. The third-order valence-electron chi connectivity index (χ3n) is 4.57. The Kier molecular flexibility index (Phi) is 6.49. The maximum atomic E-state index is 12.6. The summed E-state index contributed by atoms with van der Waals surface area (Å²) in [5.41, 5.74) is 1.22. The molecule has 0 saturated carbocycles. The predicted octanol–water partition coefficient (Wildman–Crippen LogP) is 2.46. The van der Waals surface area contributed by atoms with Gasteiger partial charge in [-0.25, -0.2) is 0 Å². The Labute approximate surface area is 146 Å². The molecule has 0 spiro atoms. The molecule has 0 aliphatic carbocycles. The zero-order chi connectivity index (χ0) is 17.7. The van der Waals surface area contributed by atoms with E-state index in [0.29, 0.717) is 6.54 Å².